The molecule has 1 saturated heterocycles. The van der Waals surface area contributed by atoms with Crippen LogP contribution in [0.15, 0.2) is 54.7 Å². The maximum absolute atomic E-state index is 15.2. The largest absolute Gasteiger partial charge is 0.347 e. The number of hydrogen-bond donors (Lipinski definition) is 2. The maximum atomic E-state index is 15.2. The minimum atomic E-state index is -2.98. The van der Waals surface area contributed by atoms with E-state index in [-0.39, 0.29) is 49.3 Å². The Morgan fingerprint density at radius 3 is 2.22 bits per heavy atom. The molecule has 1 saturated carbocycles. The van der Waals surface area contributed by atoms with Gasteiger partial charge in [-0.25, -0.2) is 17.6 Å². The van der Waals surface area contributed by atoms with Crippen LogP contribution in [-0.4, -0.2) is 93.5 Å². The first-order valence-electron chi connectivity index (χ1n) is 18.1. The smallest absolute Gasteiger partial charge is 0.268 e. The Kier molecular flexibility index (Phi) is 9.90. The van der Waals surface area contributed by atoms with Gasteiger partial charge in [-0.05, 0) is 81.9 Å². The molecule has 2 aromatic carbocycles. The first-order valence-corrected chi connectivity index (χ1v) is 18.1. The first kappa shape index (κ1) is 37.3. The van der Waals surface area contributed by atoms with Gasteiger partial charge in [-0.3, -0.25) is 24.0 Å². The molecule has 7 rings (SSSR count). The van der Waals surface area contributed by atoms with Crippen LogP contribution in [0, 0.1) is 18.6 Å². The second-order valence-corrected chi connectivity index (χ2v) is 15.0. The van der Waals surface area contributed by atoms with E-state index < -0.39 is 47.8 Å². The van der Waals surface area contributed by atoms with Crippen LogP contribution >= 0.6 is 0 Å². The number of nitrogens with one attached hydrogen (secondary N) is 2. The Bertz CT molecular complexity index is 2050. The van der Waals surface area contributed by atoms with Crippen molar-refractivity contribution in [2.24, 2.45) is 0 Å². The average Bonchev–Trinajstić information content (AvgIpc) is 3.73. The molecule has 286 valence electrons. The monoisotopic (exact) mass is 748 g/mol. The number of alkyl halides is 2. The molecule has 2 aliphatic heterocycles. The number of carbonyl (C=O) groups is 3. The molecule has 2 fully saturated rings. The minimum Gasteiger partial charge on any atom is -0.347 e. The Morgan fingerprint density at radius 1 is 0.926 bits per heavy atom. The molecule has 54 heavy (non-hydrogen) atoms. The fourth-order valence-electron chi connectivity index (χ4n) is 8.11. The summed E-state index contributed by atoms with van der Waals surface area (Å²) in [6, 6.07) is 12.5. The van der Waals surface area contributed by atoms with Crippen molar-refractivity contribution in [3.05, 3.63) is 106 Å². The van der Waals surface area contributed by atoms with Gasteiger partial charge in [0.1, 0.15) is 17.3 Å². The third-order valence-corrected chi connectivity index (χ3v) is 11.1. The Morgan fingerprint density at radius 2 is 1.59 bits per heavy atom. The van der Waals surface area contributed by atoms with Gasteiger partial charge in [-0.1, -0.05) is 12.1 Å². The number of amides is 3. The number of likely N-dealkylation sites (tertiary alicyclic amines) is 1. The molecule has 0 radical (unpaired) electrons. The van der Waals surface area contributed by atoms with Crippen molar-refractivity contribution in [2.45, 2.75) is 69.7 Å². The SMILES string of the molecule is Cc1c(C(=O)Nc2ccc(CNC(=O)c3ccc4n3CCN(Cc3c(F)cc(C(=O)N(C)C)cc3F)C43CC(F)(F)C3)cc2)cnn1C1CCN(C)CC1. The summed E-state index contributed by atoms with van der Waals surface area (Å²) in [5, 5.41) is 10.3. The summed E-state index contributed by atoms with van der Waals surface area (Å²) in [6.45, 7) is 4.18. The molecule has 11 nitrogen and oxygen atoms in total. The summed E-state index contributed by atoms with van der Waals surface area (Å²) < 4.78 is 63.2. The zero-order valence-corrected chi connectivity index (χ0v) is 30.8. The van der Waals surface area contributed by atoms with Crippen molar-refractivity contribution in [2.75, 3.05) is 46.1 Å². The fourth-order valence-corrected chi connectivity index (χ4v) is 8.11. The van der Waals surface area contributed by atoms with Crippen molar-refractivity contribution in [1.29, 1.82) is 0 Å². The molecule has 2 aromatic heterocycles. The van der Waals surface area contributed by atoms with E-state index >= 15 is 8.78 Å². The van der Waals surface area contributed by atoms with Crippen LogP contribution in [0.3, 0.4) is 0 Å². The molecular weight excluding hydrogens is 704 g/mol. The van der Waals surface area contributed by atoms with Gasteiger partial charge in [-0.2, -0.15) is 5.10 Å². The van der Waals surface area contributed by atoms with Gasteiger partial charge in [0.2, 0.25) is 0 Å². The van der Waals surface area contributed by atoms with Gasteiger partial charge in [-0.15, -0.1) is 0 Å². The lowest BCUT2D eigenvalue weighted by Gasteiger charge is -2.56. The number of piperidine rings is 1. The van der Waals surface area contributed by atoms with Crippen LogP contribution in [0.1, 0.15) is 85.4 Å². The van der Waals surface area contributed by atoms with E-state index in [4.69, 9.17) is 0 Å². The lowest BCUT2D eigenvalue weighted by molar-refractivity contribution is -0.193. The summed E-state index contributed by atoms with van der Waals surface area (Å²) in [5.41, 5.74) is 1.80. The van der Waals surface area contributed by atoms with E-state index in [1.165, 1.54) is 19.0 Å². The topological polar surface area (TPSA) is 108 Å². The molecule has 2 N–H and O–H groups in total. The van der Waals surface area contributed by atoms with Crippen LogP contribution in [0.5, 0.6) is 0 Å². The highest BCUT2D eigenvalue weighted by molar-refractivity contribution is 6.05. The molecule has 3 amide bonds. The Hall–Kier alpha value is -5.02. The highest BCUT2D eigenvalue weighted by Crippen LogP contribution is 2.57. The molecule has 1 aliphatic carbocycles. The van der Waals surface area contributed by atoms with E-state index in [1.54, 1.807) is 52.1 Å². The van der Waals surface area contributed by atoms with E-state index in [1.807, 2.05) is 11.6 Å². The first-order chi connectivity index (χ1) is 25.7. The van der Waals surface area contributed by atoms with Crippen LogP contribution in [0.2, 0.25) is 0 Å². The second kappa shape index (κ2) is 14.3. The number of rotatable bonds is 9. The molecule has 0 atom stereocenters. The predicted octanol–water partition coefficient (Wildman–Crippen LogP) is 5.56. The van der Waals surface area contributed by atoms with Crippen LogP contribution in [-0.2, 0) is 25.2 Å². The quantitative estimate of drug-likeness (QED) is 0.217. The van der Waals surface area contributed by atoms with Crippen LogP contribution in [0.4, 0.5) is 23.2 Å². The molecule has 0 unspecified atom stereocenters. The minimum absolute atomic E-state index is 0.146. The van der Waals surface area contributed by atoms with Gasteiger partial charge in [0.15, 0.2) is 0 Å². The lowest BCUT2D eigenvalue weighted by atomic mass is 9.68. The molecule has 0 bridgehead atoms. The number of benzene rings is 2. The van der Waals surface area contributed by atoms with E-state index in [0.29, 0.717) is 22.6 Å². The summed E-state index contributed by atoms with van der Waals surface area (Å²) in [6.07, 6.45) is 2.45. The standard InChI is InChI=1S/C39H44F4N8O3/c1-24-29(20-45-51(24)28-11-13-48(4)14-12-28)35(52)46-27-7-5-25(6-8-27)19-44-36(53)33-9-10-34-38(22-39(42,43)23-38)49(15-16-50(33)34)21-30-31(40)17-26(18-32(30)41)37(54)47(2)3/h5-10,17-18,20,28H,11-16,19,21-23H2,1-4H3,(H,44,53)(H,46,52). The average molecular weight is 749 g/mol. The molecule has 4 aromatic rings. The number of carbonyl (C=O) groups excluding carboxylic acids is 3. The third-order valence-electron chi connectivity index (χ3n) is 11.1. The van der Waals surface area contributed by atoms with Crippen molar-refractivity contribution in [1.82, 2.24) is 34.4 Å². The molecule has 1 spiro atoms. The highest BCUT2D eigenvalue weighted by atomic mass is 19.3. The van der Waals surface area contributed by atoms with Crippen LogP contribution < -0.4 is 10.6 Å². The van der Waals surface area contributed by atoms with Crippen molar-refractivity contribution >= 4 is 23.4 Å². The molecule has 3 aliphatic rings. The summed E-state index contributed by atoms with van der Waals surface area (Å²) in [5.74, 6) is -6.05. The number of hydrogen-bond acceptors (Lipinski definition) is 6. The number of halogens is 4. The van der Waals surface area contributed by atoms with Gasteiger partial charge in [0.05, 0.1) is 23.3 Å². The van der Waals surface area contributed by atoms with Crippen molar-refractivity contribution < 1.29 is 31.9 Å². The third kappa shape index (κ3) is 7.02. The fraction of sp³-hybridized carbons (Fsp3) is 0.436. The van der Waals surface area contributed by atoms with Gasteiger partial charge < -0.3 is 25.0 Å². The van der Waals surface area contributed by atoms with Crippen molar-refractivity contribution in [3.63, 3.8) is 0 Å². The number of nitrogens with zero attached hydrogens (tertiary/aromatic N) is 6. The van der Waals surface area contributed by atoms with Gasteiger partial charge in [0.25, 0.3) is 23.6 Å². The predicted molar refractivity (Wildman–Crippen MR) is 193 cm³/mol. The molecule has 4 heterocycles. The normalized spacial score (nSPS) is 18.2. The van der Waals surface area contributed by atoms with Gasteiger partial charge >= 0.3 is 0 Å². The number of aromatic nitrogens is 3. The lowest BCUT2D eigenvalue weighted by Crippen LogP contribution is -2.63. The summed E-state index contributed by atoms with van der Waals surface area (Å²) in [4.78, 5) is 44.0. The van der Waals surface area contributed by atoms with Crippen molar-refractivity contribution in [3.8, 4) is 0 Å². The zero-order chi connectivity index (χ0) is 38.5. The maximum Gasteiger partial charge on any atom is 0.268 e. The van der Waals surface area contributed by atoms with E-state index in [2.05, 4.69) is 27.7 Å². The Balaban J connectivity index is 0.997. The molecular formula is C39H44F4N8O3. The summed E-state index contributed by atoms with van der Waals surface area (Å²) in [7, 11) is 5.04. The number of anilines is 1. The Labute approximate surface area is 310 Å². The second-order valence-electron chi connectivity index (χ2n) is 15.0. The van der Waals surface area contributed by atoms with Gasteiger partial charge in [0, 0.05) is 81.3 Å². The van der Waals surface area contributed by atoms with E-state index in [9.17, 15) is 23.2 Å². The van der Waals surface area contributed by atoms with E-state index in [0.717, 1.165) is 49.3 Å². The highest BCUT2D eigenvalue weighted by Gasteiger charge is 2.62. The zero-order valence-electron chi connectivity index (χ0n) is 30.8. The number of fused-ring (bicyclic) bond motifs is 2. The molecule has 15 heteroatoms. The van der Waals surface area contributed by atoms with Crippen LogP contribution in [0.25, 0.3) is 0 Å². The summed E-state index contributed by atoms with van der Waals surface area (Å²) >= 11 is 0.